The average Bonchev–Trinajstić information content (AvgIpc) is 3.13. The number of rotatable bonds is 2. The number of hydrogen-bond acceptors (Lipinski definition) is 3. The van der Waals surface area contributed by atoms with Gasteiger partial charge in [-0.1, -0.05) is 45.4 Å². The van der Waals surface area contributed by atoms with Crippen LogP contribution in [0.4, 0.5) is 0 Å². The van der Waals surface area contributed by atoms with Crippen LogP contribution in [0.2, 0.25) is 0 Å². The highest BCUT2D eigenvalue weighted by Gasteiger charge is 2.15. The molecule has 0 saturated heterocycles. The summed E-state index contributed by atoms with van der Waals surface area (Å²) < 4.78 is 6.48. The Morgan fingerprint density at radius 2 is 1.95 bits per heavy atom. The maximum Gasteiger partial charge on any atom is 0.260 e. The predicted octanol–water partition coefficient (Wildman–Crippen LogP) is 4.96. The van der Waals surface area contributed by atoms with Crippen molar-refractivity contribution in [2.45, 2.75) is 6.92 Å². The number of hydrogen-bond donors (Lipinski definition) is 1. The molecule has 2 aromatic carbocycles. The van der Waals surface area contributed by atoms with Crippen molar-refractivity contribution < 1.29 is 4.52 Å². The molecule has 0 aliphatic carbocycles. The first-order chi connectivity index (χ1) is 10.7. The summed E-state index contributed by atoms with van der Waals surface area (Å²) in [5.41, 5.74) is 4.05. The van der Waals surface area contributed by atoms with E-state index in [2.05, 4.69) is 31.1 Å². The van der Waals surface area contributed by atoms with Crippen molar-refractivity contribution in [2.75, 3.05) is 0 Å². The van der Waals surface area contributed by atoms with Gasteiger partial charge >= 0.3 is 0 Å². The Morgan fingerprint density at radius 3 is 2.82 bits per heavy atom. The summed E-state index contributed by atoms with van der Waals surface area (Å²) in [4.78, 5) is 7.78. The third-order valence-electron chi connectivity index (χ3n) is 3.69. The summed E-state index contributed by atoms with van der Waals surface area (Å²) in [7, 11) is 0. The Labute approximate surface area is 135 Å². The van der Waals surface area contributed by atoms with Crippen molar-refractivity contribution in [3.8, 4) is 22.8 Å². The minimum atomic E-state index is 0.516. The van der Waals surface area contributed by atoms with Gasteiger partial charge in [0, 0.05) is 27.1 Å². The molecule has 0 radical (unpaired) electrons. The highest BCUT2D eigenvalue weighted by Crippen LogP contribution is 2.31. The Balaban J connectivity index is 1.84. The van der Waals surface area contributed by atoms with Crippen LogP contribution in [0.5, 0.6) is 0 Å². The quantitative estimate of drug-likeness (QED) is 0.554. The van der Waals surface area contributed by atoms with Gasteiger partial charge in [0.25, 0.3) is 5.89 Å². The van der Waals surface area contributed by atoms with Gasteiger partial charge in [0.2, 0.25) is 5.82 Å². The van der Waals surface area contributed by atoms with Crippen LogP contribution in [0.1, 0.15) is 5.56 Å². The SMILES string of the molecule is Cc1ccccc1-c1noc(-c2c[nH]c3ccc(Br)cc23)n1. The lowest BCUT2D eigenvalue weighted by molar-refractivity contribution is 0.432. The number of nitrogens with one attached hydrogen (secondary N) is 1. The minimum Gasteiger partial charge on any atom is -0.360 e. The molecule has 0 amide bonds. The van der Waals surface area contributed by atoms with E-state index in [9.17, 15) is 0 Å². The van der Waals surface area contributed by atoms with Crippen LogP contribution >= 0.6 is 15.9 Å². The van der Waals surface area contributed by atoms with Crippen molar-refractivity contribution in [3.05, 3.63) is 58.7 Å². The first-order valence-corrected chi connectivity index (χ1v) is 7.68. The lowest BCUT2D eigenvalue weighted by Crippen LogP contribution is -1.84. The Morgan fingerprint density at radius 1 is 1.09 bits per heavy atom. The number of H-pyrrole nitrogens is 1. The van der Waals surface area contributed by atoms with E-state index in [1.54, 1.807) is 0 Å². The van der Waals surface area contributed by atoms with Crippen molar-refractivity contribution in [1.29, 1.82) is 0 Å². The fourth-order valence-electron chi connectivity index (χ4n) is 2.54. The largest absolute Gasteiger partial charge is 0.360 e. The van der Waals surface area contributed by atoms with E-state index >= 15 is 0 Å². The molecule has 4 aromatic rings. The molecule has 2 aromatic heterocycles. The number of halogens is 1. The minimum absolute atomic E-state index is 0.516. The van der Waals surface area contributed by atoms with Crippen LogP contribution < -0.4 is 0 Å². The molecule has 0 spiro atoms. The molecule has 108 valence electrons. The summed E-state index contributed by atoms with van der Waals surface area (Å²) >= 11 is 3.49. The molecule has 4 nitrogen and oxygen atoms in total. The molecule has 0 saturated carbocycles. The summed E-state index contributed by atoms with van der Waals surface area (Å²) in [6, 6.07) is 14.1. The second kappa shape index (κ2) is 5.10. The van der Waals surface area contributed by atoms with Crippen LogP contribution in [0, 0.1) is 6.92 Å². The van der Waals surface area contributed by atoms with Gasteiger partial charge in [0.1, 0.15) is 0 Å². The molecule has 0 aliphatic heterocycles. The van der Waals surface area contributed by atoms with Crippen molar-refractivity contribution in [1.82, 2.24) is 15.1 Å². The summed E-state index contributed by atoms with van der Waals surface area (Å²) in [5, 5.41) is 5.17. The molecular formula is C17H12BrN3O. The van der Waals surface area contributed by atoms with Crippen LogP contribution in [0.15, 0.2) is 57.7 Å². The van der Waals surface area contributed by atoms with Gasteiger partial charge in [0.05, 0.1) is 5.56 Å². The van der Waals surface area contributed by atoms with E-state index in [4.69, 9.17) is 4.52 Å². The van der Waals surface area contributed by atoms with Gasteiger partial charge in [-0.3, -0.25) is 0 Å². The van der Waals surface area contributed by atoms with Gasteiger partial charge in [0.15, 0.2) is 0 Å². The Kier molecular flexibility index (Phi) is 3.08. The molecular weight excluding hydrogens is 342 g/mol. The molecule has 0 bridgehead atoms. The normalized spacial score (nSPS) is 11.2. The second-order valence-electron chi connectivity index (χ2n) is 5.13. The predicted molar refractivity (Wildman–Crippen MR) is 89.5 cm³/mol. The molecule has 2 heterocycles. The van der Waals surface area contributed by atoms with Gasteiger partial charge in [-0.15, -0.1) is 0 Å². The smallest absolute Gasteiger partial charge is 0.260 e. The summed E-state index contributed by atoms with van der Waals surface area (Å²) in [6.45, 7) is 2.04. The zero-order valence-electron chi connectivity index (χ0n) is 11.8. The molecule has 0 unspecified atom stereocenters. The van der Waals surface area contributed by atoms with E-state index in [1.165, 1.54) is 0 Å². The summed E-state index contributed by atoms with van der Waals surface area (Å²) in [5.74, 6) is 1.13. The van der Waals surface area contributed by atoms with Crippen LogP contribution in [-0.4, -0.2) is 15.1 Å². The molecule has 22 heavy (non-hydrogen) atoms. The van der Waals surface area contributed by atoms with Gasteiger partial charge in [-0.2, -0.15) is 4.98 Å². The third kappa shape index (κ3) is 2.14. The zero-order chi connectivity index (χ0) is 15.1. The highest BCUT2D eigenvalue weighted by atomic mass is 79.9. The first kappa shape index (κ1) is 13.3. The van der Waals surface area contributed by atoms with Crippen molar-refractivity contribution in [2.24, 2.45) is 0 Å². The number of nitrogens with zero attached hydrogens (tertiary/aromatic N) is 2. The standard InChI is InChI=1S/C17H12BrN3O/c1-10-4-2-3-5-12(10)16-20-17(22-21-16)14-9-19-15-7-6-11(18)8-13(14)15/h2-9,19H,1H3. The van der Waals surface area contributed by atoms with Crippen LogP contribution in [0.25, 0.3) is 33.7 Å². The Hall–Kier alpha value is -2.40. The van der Waals surface area contributed by atoms with Crippen molar-refractivity contribution in [3.63, 3.8) is 0 Å². The zero-order valence-corrected chi connectivity index (χ0v) is 13.4. The average molecular weight is 354 g/mol. The molecule has 5 heteroatoms. The second-order valence-corrected chi connectivity index (χ2v) is 6.05. The highest BCUT2D eigenvalue weighted by molar-refractivity contribution is 9.10. The number of fused-ring (bicyclic) bond motifs is 1. The molecule has 0 aliphatic rings. The number of aryl methyl sites for hydroxylation is 1. The fourth-order valence-corrected chi connectivity index (χ4v) is 2.90. The van der Waals surface area contributed by atoms with Gasteiger partial charge in [-0.05, 0) is 30.7 Å². The lowest BCUT2D eigenvalue weighted by Gasteiger charge is -1.98. The third-order valence-corrected chi connectivity index (χ3v) is 4.18. The molecule has 1 N–H and O–H groups in total. The van der Waals surface area contributed by atoms with Crippen molar-refractivity contribution >= 4 is 26.8 Å². The van der Waals surface area contributed by atoms with Gasteiger partial charge < -0.3 is 9.51 Å². The summed E-state index contributed by atoms with van der Waals surface area (Å²) in [6.07, 6.45) is 1.90. The fraction of sp³-hybridized carbons (Fsp3) is 0.0588. The van der Waals surface area contributed by atoms with E-state index in [0.717, 1.165) is 32.1 Å². The van der Waals surface area contributed by atoms with E-state index in [1.807, 2.05) is 55.6 Å². The van der Waals surface area contributed by atoms with Crippen LogP contribution in [-0.2, 0) is 0 Å². The van der Waals surface area contributed by atoms with E-state index < -0.39 is 0 Å². The number of aromatic amines is 1. The maximum atomic E-state index is 5.47. The first-order valence-electron chi connectivity index (χ1n) is 6.89. The van der Waals surface area contributed by atoms with Crippen LogP contribution in [0.3, 0.4) is 0 Å². The monoisotopic (exact) mass is 353 g/mol. The maximum absolute atomic E-state index is 5.47. The lowest BCUT2D eigenvalue weighted by atomic mass is 10.1. The number of benzene rings is 2. The van der Waals surface area contributed by atoms with E-state index in [0.29, 0.717) is 11.7 Å². The topological polar surface area (TPSA) is 54.7 Å². The molecule has 4 rings (SSSR count). The Bertz CT molecular complexity index is 971. The molecule has 0 fully saturated rings. The van der Waals surface area contributed by atoms with E-state index in [-0.39, 0.29) is 0 Å². The van der Waals surface area contributed by atoms with Gasteiger partial charge in [-0.25, -0.2) is 0 Å². The molecule has 0 atom stereocenters. The number of aromatic nitrogens is 3.